The molecule has 0 bridgehead atoms. The Kier molecular flexibility index (Phi) is 6.16. The summed E-state index contributed by atoms with van der Waals surface area (Å²) in [6.07, 6.45) is 1.14. The fourth-order valence-electron chi connectivity index (χ4n) is 1.81. The molecule has 0 unspecified atom stereocenters. The minimum absolute atomic E-state index is 0.0458. The van der Waals surface area contributed by atoms with Crippen molar-refractivity contribution in [3.63, 3.8) is 0 Å². The molecular formula is C14H21NO4S. The molecule has 20 heavy (non-hydrogen) atoms. The molecule has 0 aromatic heterocycles. The summed E-state index contributed by atoms with van der Waals surface area (Å²) in [6, 6.07) is 6.78. The summed E-state index contributed by atoms with van der Waals surface area (Å²) in [5, 5.41) is 8.49. The molecule has 6 heteroatoms. The van der Waals surface area contributed by atoms with Crippen LogP contribution in [0.5, 0.6) is 0 Å². The van der Waals surface area contributed by atoms with Crippen LogP contribution >= 0.6 is 0 Å². The van der Waals surface area contributed by atoms with Gasteiger partial charge in [-0.1, -0.05) is 26.0 Å². The van der Waals surface area contributed by atoms with Crippen molar-refractivity contribution in [1.82, 2.24) is 4.72 Å². The zero-order valence-corrected chi connectivity index (χ0v) is 12.6. The van der Waals surface area contributed by atoms with Gasteiger partial charge >= 0.3 is 5.97 Å². The molecule has 0 saturated heterocycles. The molecule has 112 valence electrons. The SMILES string of the molecule is CC(C)Cc1ccc(S(=O)(=O)NCCCC(=O)O)cc1. The average molecular weight is 299 g/mol. The Morgan fingerprint density at radius 2 is 1.85 bits per heavy atom. The molecule has 5 nitrogen and oxygen atoms in total. The molecule has 1 aromatic rings. The van der Waals surface area contributed by atoms with Gasteiger partial charge in [0.15, 0.2) is 0 Å². The fraction of sp³-hybridized carbons (Fsp3) is 0.500. The van der Waals surface area contributed by atoms with Gasteiger partial charge in [-0.3, -0.25) is 4.79 Å². The van der Waals surface area contributed by atoms with E-state index in [9.17, 15) is 13.2 Å². The van der Waals surface area contributed by atoms with Crippen LogP contribution < -0.4 is 4.72 Å². The summed E-state index contributed by atoms with van der Waals surface area (Å²) in [5.41, 5.74) is 1.10. The van der Waals surface area contributed by atoms with E-state index in [0.29, 0.717) is 5.92 Å². The first kappa shape index (κ1) is 16.7. The molecule has 0 radical (unpaired) electrons. The second-order valence-corrected chi connectivity index (χ2v) is 6.90. The molecule has 0 fully saturated rings. The largest absolute Gasteiger partial charge is 0.481 e. The quantitative estimate of drug-likeness (QED) is 0.719. The highest BCUT2D eigenvalue weighted by Crippen LogP contribution is 2.13. The maximum atomic E-state index is 12.0. The molecule has 0 aliphatic heterocycles. The minimum Gasteiger partial charge on any atom is -0.481 e. The number of benzene rings is 1. The lowest BCUT2D eigenvalue weighted by atomic mass is 10.0. The highest BCUT2D eigenvalue weighted by atomic mass is 32.2. The minimum atomic E-state index is -3.55. The number of rotatable bonds is 8. The third-order valence-corrected chi connectivity index (χ3v) is 4.21. The Balaban J connectivity index is 2.61. The highest BCUT2D eigenvalue weighted by Gasteiger charge is 2.13. The molecule has 0 heterocycles. The Bertz CT molecular complexity index is 535. The summed E-state index contributed by atoms with van der Waals surface area (Å²) in [7, 11) is -3.55. The summed E-state index contributed by atoms with van der Waals surface area (Å²) >= 11 is 0. The smallest absolute Gasteiger partial charge is 0.303 e. The third-order valence-electron chi connectivity index (χ3n) is 2.74. The molecule has 0 saturated carbocycles. The molecule has 0 atom stereocenters. The van der Waals surface area contributed by atoms with E-state index in [-0.39, 0.29) is 24.3 Å². The fourth-order valence-corrected chi connectivity index (χ4v) is 2.88. The van der Waals surface area contributed by atoms with Crippen molar-refractivity contribution in [2.75, 3.05) is 6.54 Å². The van der Waals surface area contributed by atoms with E-state index in [0.717, 1.165) is 12.0 Å². The van der Waals surface area contributed by atoms with Crippen LogP contribution in [-0.4, -0.2) is 26.0 Å². The highest BCUT2D eigenvalue weighted by molar-refractivity contribution is 7.89. The van der Waals surface area contributed by atoms with E-state index >= 15 is 0 Å². The number of carbonyl (C=O) groups is 1. The van der Waals surface area contributed by atoms with Crippen LogP contribution in [0.25, 0.3) is 0 Å². The van der Waals surface area contributed by atoms with Crippen molar-refractivity contribution in [2.45, 2.75) is 38.0 Å². The summed E-state index contributed by atoms with van der Waals surface area (Å²) in [5.74, 6) is -0.408. The first-order chi connectivity index (χ1) is 9.31. The molecular weight excluding hydrogens is 278 g/mol. The second-order valence-electron chi connectivity index (χ2n) is 5.14. The Morgan fingerprint density at radius 3 is 2.35 bits per heavy atom. The molecule has 0 aliphatic carbocycles. The molecule has 0 aliphatic rings. The molecule has 0 amide bonds. The first-order valence-corrected chi connectivity index (χ1v) is 8.10. The van der Waals surface area contributed by atoms with Crippen LogP contribution in [-0.2, 0) is 21.2 Å². The van der Waals surface area contributed by atoms with Gasteiger partial charge in [-0.15, -0.1) is 0 Å². The number of aliphatic carboxylic acids is 1. The van der Waals surface area contributed by atoms with Gasteiger partial charge in [-0.05, 0) is 36.5 Å². The van der Waals surface area contributed by atoms with Crippen LogP contribution in [0.1, 0.15) is 32.3 Å². The lowest BCUT2D eigenvalue weighted by Gasteiger charge is -2.08. The lowest BCUT2D eigenvalue weighted by molar-refractivity contribution is -0.137. The van der Waals surface area contributed by atoms with Gasteiger partial charge in [0.25, 0.3) is 0 Å². The monoisotopic (exact) mass is 299 g/mol. The first-order valence-electron chi connectivity index (χ1n) is 6.61. The third kappa shape index (κ3) is 5.71. The summed E-state index contributed by atoms with van der Waals surface area (Å²) in [4.78, 5) is 10.6. The van der Waals surface area contributed by atoms with Gasteiger partial charge < -0.3 is 5.11 Å². The Hall–Kier alpha value is -1.40. The topological polar surface area (TPSA) is 83.5 Å². The van der Waals surface area contributed by atoms with E-state index < -0.39 is 16.0 Å². The molecule has 1 rings (SSSR count). The second kappa shape index (κ2) is 7.40. The Morgan fingerprint density at radius 1 is 1.25 bits per heavy atom. The van der Waals surface area contributed by atoms with E-state index in [2.05, 4.69) is 18.6 Å². The summed E-state index contributed by atoms with van der Waals surface area (Å²) < 4.78 is 26.3. The van der Waals surface area contributed by atoms with Gasteiger partial charge in [0, 0.05) is 13.0 Å². The van der Waals surface area contributed by atoms with Crippen LogP contribution in [0.15, 0.2) is 29.2 Å². The number of nitrogens with one attached hydrogen (secondary N) is 1. The van der Waals surface area contributed by atoms with Gasteiger partial charge in [-0.25, -0.2) is 13.1 Å². The lowest BCUT2D eigenvalue weighted by Crippen LogP contribution is -2.25. The number of hydrogen-bond donors (Lipinski definition) is 2. The van der Waals surface area contributed by atoms with Crippen LogP contribution in [0.4, 0.5) is 0 Å². The van der Waals surface area contributed by atoms with Crippen molar-refractivity contribution in [1.29, 1.82) is 0 Å². The standard InChI is InChI=1S/C14H21NO4S/c1-11(2)10-12-5-7-13(8-6-12)20(18,19)15-9-3-4-14(16)17/h5-8,11,15H,3-4,9-10H2,1-2H3,(H,16,17). The van der Waals surface area contributed by atoms with Gasteiger partial charge in [0.05, 0.1) is 4.90 Å². The number of carboxylic acids is 1. The number of sulfonamides is 1. The van der Waals surface area contributed by atoms with Crippen LogP contribution in [0.3, 0.4) is 0 Å². The van der Waals surface area contributed by atoms with E-state index in [1.54, 1.807) is 12.1 Å². The molecule has 2 N–H and O–H groups in total. The van der Waals surface area contributed by atoms with Crippen molar-refractivity contribution in [3.8, 4) is 0 Å². The summed E-state index contributed by atoms with van der Waals surface area (Å²) in [6.45, 7) is 4.34. The maximum Gasteiger partial charge on any atom is 0.303 e. The van der Waals surface area contributed by atoms with E-state index in [1.807, 2.05) is 12.1 Å². The van der Waals surface area contributed by atoms with Gasteiger partial charge in [-0.2, -0.15) is 0 Å². The normalized spacial score (nSPS) is 11.8. The predicted octanol–water partition coefficient (Wildman–Crippen LogP) is 2.03. The predicted molar refractivity (Wildman–Crippen MR) is 77.0 cm³/mol. The zero-order chi connectivity index (χ0) is 15.2. The van der Waals surface area contributed by atoms with Crippen LogP contribution in [0.2, 0.25) is 0 Å². The van der Waals surface area contributed by atoms with E-state index in [1.165, 1.54) is 0 Å². The molecule has 1 aromatic carbocycles. The maximum absolute atomic E-state index is 12.0. The van der Waals surface area contributed by atoms with Crippen molar-refractivity contribution < 1.29 is 18.3 Å². The van der Waals surface area contributed by atoms with E-state index in [4.69, 9.17) is 5.11 Å². The van der Waals surface area contributed by atoms with Crippen LogP contribution in [0, 0.1) is 5.92 Å². The van der Waals surface area contributed by atoms with Crippen molar-refractivity contribution >= 4 is 16.0 Å². The van der Waals surface area contributed by atoms with Gasteiger partial charge in [0.2, 0.25) is 10.0 Å². The number of hydrogen-bond acceptors (Lipinski definition) is 3. The van der Waals surface area contributed by atoms with Gasteiger partial charge in [0.1, 0.15) is 0 Å². The average Bonchev–Trinajstić information content (AvgIpc) is 2.34. The Labute approximate surface area is 120 Å². The molecule has 0 spiro atoms. The van der Waals surface area contributed by atoms with Crippen molar-refractivity contribution in [3.05, 3.63) is 29.8 Å². The number of carboxylic acid groups (broad SMARTS) is 1. The van der Waals surface area contributed by atoms with Crippen molar-refractivity contribution in [2.24, 2.45) is 5.92 Å². The zero-order valence-electron chi connectivity index (χ0n) is 11.8.